The molecule has 1 aliphatic heterocycles. The second-order valence-electron chi connectivity index (χ2n) is 6.85. The maximum atomic E-state index is 12.9. The third-order valence-corrected chi connectivity index (χ3v) is 7.61. The summed E-state index contributed by atoms with van der Waals surface area (Å²) in [6.45, 7) is 4.74. The van der Waals surface area contributed by atoms with Gasteiger partial charge in [-0.1, -0.05) is 33.1 Å². The Labute approximate surface area is 128 Å². The summed E-state index contributed by atoms with van der Waals surface area (Å²) in [6.07, 6.45) is 5.19. The maximum Gasteiger partial charge on any atom is 0.241 e. The molecule has 0 radical (unpaired) electrons. The van der Waals surface area contributed by atoms with Crippen LogP contribution in [0.25, 0.3) is 0 Å². The lowest BCUT2D eigenvalue weighted by atomic mass is 10.0. The van der Waals surface area contributed by atoms with Crippen LogP contribution in [-0.2, 0) is 14.6 Å². The molecule has 0 spiro atoms. The topological polar surface area (TPSA) is 80.5 Å². The highest BCUT2D eigenvalue weighted by atomic mass is 32.2. The van der Waals surface area contributed by atoms with Gasteiger partial charge in [0.25, 0.3) is 0 Å². The van der Waals surface area contributed by atoms with E-state index in [9.17, 15) is 13.2 Å². The van der Waals surface area contributed by atoms with Crippen LogP contribution in [0, 0.1) is 5.92 Å². The largest absolute Gasteiger partial charge is 0.340 e. The Kier molecular flexibility index (Phi) is 5.30. The number of hydrogen-bond donors (Lipinski definition) is 1. The zero-order valence-electron chi connectivity index (χ0n) is 13.1. The van der Waals surface area contributed by atoms with Crippen molar-refractivity contribution in [3.05, 3.63) is 0 Å². The van der Waals surface area contributed by atoms with Crippen molar-refractivity contribution in [3.63, 3.8) is 0 Å². The molecule has 1 saturated carbocycles. The van der Waals surface area contributed by atoms with E-state index in [4.69, 9.17) is 5.73 Å². The summed E-state index contributed by atoms with van der Waals surface area (Å²) in [5, 5.41) is -1.23. The minimum absolute atomic E-state index is 0.0147. The first kappa shape index (κ1) is 16.7. The van der Waals surface area contributed by atoms with Crippen LogP contribution in [0.3, 0.4) is 0 Å². The van der Waals surface area contributed by atoms with Gasteiger partial charge in [-0.3, -0.25) is 4.79 Å². The summed E-state index contributed by atoms with van der Waals surface area (Å²) < 4.78 is 25.9. The van der Waals surface area contributed by atoms with E-state index in [1.807, 2.05) is 13.8 Å². The molecule has 1 aliphatic carbocycles. The monoisotopic (exact) mass is 316 g/mol. The molecule has 21 heavy (non-hydrogen) atoms. The predicted octanol–water partition coefficient (Wildman–Crippen LogP) is 1.32. The molecule has 1 saturated heterocycles. The molecule has 0 aromatic rings. The molecular weight excluding hydrogens is 288 g/mol. The van der Waals surface area contributed by atoms with E-state index in [0.29, 0.717) is 25.9 Å². The molecule has 0 aromatic heterocycles. The van der Waals surface area contributed by atoms with E-state index in [1.165, 1.54) is 0 Å². The second-order valence-corrected chi connectivity index (χ2v) is 9.20. The third-order valence-electron chi connectivity index (χ3n) is 4.76. The Morgan fingerprint density at radius 2 is 1.76 bits per heavy atom. The van der Waals surface area contributed by atoms with Gasteiger partial charge in [-0.05, 0) is 25.2 Å². The second kappa shape index (κ2) is 6.65. The minimum atomic E-state index is -3.41. The van der Waals surface area contributed by atoms with Crippen molar-refractivity contribution in [2.24, 2.45) is 11.7 Å². The molecule has 6 heteroatoms. The standard InChI is InChI=1S/C15H28N2O3S/c1-11(2)14(15(18)17-9-8-12(16)10-17)21(19,20)13-6-4-3-5-7-13/h11-14H,3-10,16H2,1-2H3/t12-,14?/m1/s1. The number of carbonyl (C=O) groups is 1. The van der Waals surface area contributed by atoms with Crippen LogP contribution >= 0.6 is 0 Å². The first-order valence-corrected chi connectivity index (χ1v) is 9.72. The van der Waals surface area contributed by atoms with Gasteiger partial charge in [0.1, 0.15) is 5.25 Å². The van der Waals surface area contributed by atoms with Gasteiger partial charge in [0, 0.05) is 19.1 Å². The van der Waals surface area contributed by atoms with E-state index < -0.39 is 15.1 Å². The summed E-state index contributed by atoms with van der Waals surface area (Å²) >= 11 is 0. The molecule has 1 heterocycles. The molecular formula is C15H28N2O3S. The minimum Gasteiger partial charge on any atom is -0.340 e. The highest BCUT2D eigenvalue weighted by molar-refractivity contribution is 7.93. The van der Waals surface area contributed by atoms with Gasteiger partial charge >= 0.3 is 0 Å². The van der Waals surface area contributed by atoms with Crippen LogP contribution in [-0.4, -0.2) is 48.9 Å². The lowest BCUT2D eigenvalue weighted by Gasteiger charge is -2.31. The molecule has 2 atom stereocenters. The van der Waals surface area contributed by atoms with Crippen molar-refractivity contribution >= 4 is 15.7 Å². The van der Waals surface area contributed by atoms with Gasteiger partial charge in [0.05, 0.1) is 5.25 Å². The zero-order valence-corrected chi connectivity index (χ0v) is 13.9. The smallest absolute Gasteiger partial charge is 0.241 e. The van der Waals surface area contributed by atoms with Gasteiger partial charge in [-0.15, -0.1) is 0 Å². The Hall–Kier alpha value is -0.620. The number of likely N-dealkylation sites (tertiary alicyclic amines) is 1. The quantitative estimate of drug-likeness (QED) is 0.848. The normalized spacial score (nSPS) is 26.3. The number of hydrogen-bond acceptors (Lipinski definition) is 4. The molecule has 2 N–H and O–H groups in total. The SMILES string of the molecule is CC(C)C(C(=O)N1CC[C@@H](N)C1)S(=O)(=O)C1CCCCC1. The molecule has 0 aromatic carbocycles. The number of carbonyl (C=O) groups excluding carboxylic acids is 1. The van der Waals surface area contributed by atoms with Crippen molar-refractivity contribution in [1.82, 2.24) is 4.90 Å². The van der Waals surface area contributed by atoms with Crippen LogP contribution in [0.5, 0.6) is 0 Å². The van der Waals surface area contributed by atoms with Crippen molar-refractivity contribution in [3.8, 4) is 0 Å². The van der Waals surface area contributed by atoms with Crippen molar-refractivity contribution in [1.29, 1.82) is 0 Å². The van der Waals surface area contributed by atoms with Gasteiger partial charge in [0.15, 0.2) is 9.84 Å². The lowest BCUT2D eigenvalue weighted by Crippen LogP contribution is -2.48. The first-order valence-electron chi connectivity index (χ1n) is 8.11. The van der Waals surface area contributed by atoms with Crippen LogP contribution in [0.4, 0.5) is 0 Å². The molecule has 5 nitrogen and oxygen atoms in total. The van der Waals surface area contributed by atoms with Crippen LogP contribution in [0.2, 0.25) is 0 Å². The number of rotatable bonds is 4. The highest BCUT2D eigenvalue weighted by Crippen LogP contribution is 2.30. The number of sulfone groups is 1. The molecule has 1 amide bonds. The van der Waals surface area contributed by atoms with Gasteiger partial charge in [0.2, 0.25) is 5.91 Å². The van der Waals surface area contributed by atoms with Crippen LogP contribution < -0.4 is 5.73 Å². The molecule has 122 valence electrons. The zero-order chi connectivity index (χ0) is 15.6. The summed E-state index contributed by atoms with van der Waals surface area (Å²) in [4.78, 5) is 14.4. The molecule has 0 bridgehead atoms. The van der Waals surface area contributed by atoms with Gasteiger partial charge < -0.3 is 10.6 Å². The molecule has 2 rings (SSSR count). The summed E-state index contributed by atoms with van der Waals surface area (Å²) in [6, 6.07) is -0.0147. The van der Waals surface area contributed by atoms with E-state index >= 15 is 0 Å². The van der Waals surface area contributed by atoms with E-state index in [-0.39, 0.29) is 23.1 Å². The number of amides is 1. The fourth-order valence-electron chi connectivity index (χ4n) is 3.57. The fourth-order valence-corrected chi connectivity index (χ4v) is 6.17. The lowest BCUT2D eigenvalue weighted by molar-refractivity contribution is -0.130. The number of nitrogens with zero attached hydrogens (tertiary/aromatic N) is 1. The Balaban J connectivity index is 2.19. The molecule has 1 unspecified atom stereocenters. The number of nitrogens with two attached hydrogens (primary N) is 1. The highest BCUT2D eigenvalue weighted by Gasteiger charge is 2.43. The summed E-state index contributed by atoms with van der Waals surface area (Å²) in [7, 11) is -3.41. The van der Waals surface area contributed by atoms with Crippen molar-refractivity contribution in [2.45, 2.75) is 68.9 Å². The Morgan fingerprint density at radius 1 is 1.14 bits per heavy atom. The Bertz CT molecular complexity index is 469. The van der Waals surface area contributed by atoms with Crippen LogP contribution in [0.15, 0.2) is 0 Å². The summed E-state index contributed by atoms with van der Waals surface area (Å²) in [5.41, 5.74) is 5.85. The first-order chi connectivity index (χ1) is 9.84. The fraction of sp³-hybridized carbons (Fsp3) is 0.933. The van der Waals surface area contributed by atoms with Crippen LogP contribution in [0.1, 0.15) is 52.4 Å². The van der Waals surface area contributed by atoms with E-state index in [0.717, 1.165) is 25.7 Å². The average Bonchev–Trinajstić information content (AvgIpc) is 2.86. The van der Waals surface area contributed by atoms with Crippen molar-refractivity contribution in [2.75, 3.05) is 13.1 Å². The van der Waals surface area contributed by atoms with Gasteiger partial charge in [-0.25, -0.2) is 8.42 Å². The Morgan fingerprint density at radius 3 is 2.24 bits per heavy atom. The van der Waals surface area contributed by atoms with Gasteiger partial charge in [-0.2, -0.15) is 0 Å². The maximum absolute atomic E-state index is 12.9. The predicted molar refractivity (Wildman–Crippen MR) is 83.6 cm³/mol. The molecule has 2 aliphatic rings. The van der Waals surface area contributed by atoms with Crippen molar-refractivity contribution < 1.29 is 13.2 Å². The summed E-state index contributed by atoms with van der Waals surface area (Å²) in [5.74, 6) is -0.426. The van der Waals surface area contributed by atoms with E-state index in [2.05, 4.69) is 0 Å². The van der Waals surface area contributed by atoms with E-state index in [1.54, 1.807) is 4.90 Å². The third kappa shape index (κ3) is 3.59. The molecule has 2 fully saturated rings. The average molecular weight is 316 g/mol.